The lowest BCUT2D eigenvalue weighted by Crippen LogP contribution is -2.56. The molecule has 0 bridgehead atoms. The van der Waals surface area contributed by atoms with Gasteiger partial charge in [0.05, 0.1) is 6.04 Å². The smallest absolute Gasteiger partial charge is 0.239 e. The molecule has 1 aliphatic rings. The standard InChI is InChI=1S/C9H19N3O.ClH/c1-3-8(10)9(13)12-5-4-11-6-7(12)2;/h7-8,11H,3-6,10H2,1-2H3;1H/t7-,8?;/m0./s1. The third-order valence-electron chi connectivity index (χ3n) is 2.54. The first-order chi connectivity index (χ1) is 6.16. The Morgan fingerprint density at radius 3 is 2.86 bits per heavy atom. The highest BCUT2D eigenvalue weighted by Crippen LogP contribution is 2.05. The summed E-state index contributed by atoms with van der Waals surface area (Å²) in [6.07, 6.45) is 0.718. The number of nitrogens with two attached hydrogens (primary N) is 1. The van der Waals surface area contributed by atoms with E-state index in [0.717, 1.165) is 26.1 Å². The topological polar surface area (TPSA) is 58.4 Å². The highest BCUT2D eigenvalue weighted by molar-refractivity contribution is 5.85. The molecule has 0 aromatic rings. The van der Waals surface area contributed by atoms with Gasteiger partial charge in [0.25, 0.3) is 0 Å². The van der Waals surface area contributed by atoms with Crippen LogP contribution in [-0.2, 0) is 4.79 Å². The van der Waals surface area contributed by atoms with Crippen LogP contribution in [0, 0.1) is 0 Å². The molecular weight excluding hydrogens is 202 g/mol. The summed E-state index contributed by atoms with van der Waals surface area (Å²) < 4.78 is 0. The Morgan fingerprint density at radius 1 is 1.71 bits per heavy atom. The Morgan fingerprint density at radius 2 is 2.36 bits per heavy atom. The Hall–Kier alpha value is -0.320. The summed E-state index contributed by atoms with van der Waals surface area (Å²) >= 11 is 0. The van der Waals surface area contributed by atoms with E-state index in [0.29, 0.717) is 0 Å². The fourth-order valence-electron chi connectivity index (χ4n) is 1.56. The predicted molar refractivity (Wildman–Crippen MR) is 59.6 cm³/mol. The van der Waals surface area contributed by atoms with E-state index in [2.05, 4.69) is 5.32 Å². The average molecular weight is 222 g/mol. The van der Waals surface area contributed by atoms with Gasteiger partial charge in [0.1, 0.15) is 0 Å². The first-order valence-electron chi connectivity index (χ1n) is 4.93. The van der Waals surface area contributed by atoms with Crippen LogP contribution in [0.15, 0.2) is 0 Å². The van der Waals surface area contributed by atoms with Crippen molar-refractivity contribution in [2.45, 2.75) is 32.4 Å². The van der Waals surface area contributed by atoms with E-state index in [-0.39, 0.29) is 30.4 Å². The van der Waals surface area contributed by atoms with Crippen molar-refractivity contribution in [1.29, 1.82) is 0 Å². The largest absolute Gasteiger partial charge is 0.336 e. The van der Waals surface area contributed by atoms with Crippen molar-refractivity contribution in [3.63, 3.8) is 0 Å². The van der Waals surface area contributed by atoms with Crippen molar-refractivity contribution in [1.82, 2.24) is 10.2 Å². The van der Waals surface area contributed by atoms with E-state index in [1.54, 1.807) is 0 Å². The highest BCUT2D eigenvalue weighted by atomic mass is 35.5. The third kappa shape index (κ3) is 3.12. The molecule has 3 N–H and O–H groups in total. The van der Waals surface area contributed by atoms with Gasteiger partial charge in [0, 0.05) is 25.7 Å². The molecule has 0 spiro atoms. The van der Waals surface area contributed by atoms with E-state index in [4.69, 9.17) is 5.73 Å². The molecule has 14 heavy (non-hydrogen) atoms. The van der Waals surface area contributed by atoms with Crippen LogP contribution in [0.25, 0.3) is 0 Å². The van der Waals surface area contributed by atoms with E-state index in [9.17, 15) is 4.79 Å². The van der Waals surface area contributed by atoms with Crippen LogP contribution in [-0.4, -0.2) is 42.5 Å². The Bertz CT molecular complexity index is 189. The Kier molecular flexibility index (Phi) is 6.08. The van der Waals surface area contributed by atoms with Crippen LogP contribution in [0.2, 0.25) is 0 Å². The molecule has 0 saturated carbocycles. The van der Waals surface area contributed by atoms with Crippen LogP contribution in [0.5, 0.6) is 0 Å². The van der Waals surface area contributed by atoms with E-state index >= 15 is 0 Å². The normalized spacial score (nSPS) is 23.9. The minimum absolute atomic E-state index is 0. The lowest BCUT2D eigenvalue weighted by molar-refractivity contribution is -0.135. The number of halogens is 1. The maximum Gasteiger partial charge on any atom is 0.239 e. The molecule has 1 fully saturated rings. The fraction of sp³-hybridized carbons (Fsp3) is 0.889. The SMILES string of the molecule is CCC(N)C(=O)N1CCNC[C@@H]1C.Cl. The van der Waals surface area contributed by atoms with Gasteiger partial charge in [0.2, 0.25) is 5.91 Å². The van der Waals surface area contributed by atoms with Crippen LogP contribution in [0.1, 0.15) is 20.3 Å². The molecule has 1 aliphatic heterocycles. The van der Waals surface area contributed by atoms with Gasteiger partial charge in [-0.15, -0.1) is 12.4 Å². The van der Waals surface area contributed by atoms with Gasteiger partial charge in [-0.25, -0.2) is 0 Å². The number of carbonyl (C=O) groups excluding carboxylic acids is 1. The molecule has 84 valence electrons. The van der Waals surface area contributed by atoms with Gasteiger partial charge in [0.15, 0.2) is 0 Å². The van der Waals surface area contributed by atoms with Crippen LogP contribution >= 0.6 is 12.4 Å². The second-order valence-electron chi connectivity index (χ2n) is 3.60. The molecular formula is C9H20ClN3O. The molecule has 0 aliphatic carbocycles. The summed E-state index contributed by atoms with van der Waals surface area (Å²) in [7, 11) is 0. The molecule has 0 aromatic heterocycles. The molecule has 1 rings (SSSR count). The molecule has 1 saturated heterocycles. The van der Waals surface area contributed by atoms with Crippen LogP contribution < -0.4 is 11.1 Å². The summed E-state index contributed by atoms with van der Waals surface area (Å²) in [6, 6.07) is -0.0422. The molecule has 5 heteroatoms. The van der Waals surface area contributed by atoms with E-state index < -0.39 is 0 Å². The quantitative estimate of drug-likeness (QED) is 0.689. The average Bonchev–Trinajstić information content (AvgIpc) is 2.16. The van der Waals surface area contributed by atoms with Gasteiger partial charge in [-0.1, -0.05) is 6.92 Å². The van der Waals surface area contributed by atoms with Crippen molar-refractivity contribution in [3.8, 4) is 0 Å². The molecule has 1 amide bonds. The minimum atomic E-state index is -0.319. The molecule has 0 aromatic carbocycles. The summed E-state index contributed by atoms with van der Waals surface area (Å²) in [5.74, 6) is 0.0940. The predicted octanol–water partition coefficient (Wildman–Crippen LogP) is -0.0342. The van der Waals surface area contributed by atoms with E-state index in [1.807, 2.05) is 18.7 Å². The highest BCUT2D eigenvalue weighted by Gasteiger charge is 2.25. The second kappa shape index (κ2) is 6.22. The molecule has 4 nitrogen and oxygen atoms in total. The monoisotopic (exact) mass is 221 g/mol. The summed E-state index contributed by atoms with van der Waals surface area (Å²) in [5, 5.41) is 3.24. The van der Waals surface area contributed by atoms with Gasteiger partial charge in [-0.05, 0) is 13.3 Å². The number of nitrogens with one attached hydrogen (secondary N) is 1. The third-order valence-corrected chi connectivity index (χ3v) is 2.54. The lowest BCUT2D eigenvalue weighted by Gasteiger charge is -2.35. The van der Waals surface area contributed by atoms with Crippen LogP contribution in [0.3, 0.4) is 0 Å². The van der Waals surface area contributed by atoms with E-state index in [1.165, 1.54) is 0 Å². The number of carbonyl (C=O) groups is 1. The van der Waals surface area contributed by atoms with Crippen molar-refractivity contribution >= 4 is 18.3 Å². The van der Waals surface area contributed by atoms with Gasteiger partial charge in [-0.3, -0.25) is 4.79 Å². The minimum Gasteiger partial charge on any atom is -0.336 e. The lowest BCUT2D eigenvalue weighted by atomic mass is 10.1. The van der Waals surface area contributed by atoms with Gasteiger partial charge >= 0.3 is 0 Å². The Labute approximate surface area is 91.6 Å². The molecule has 1 unspecified atom stereocenters. The van der Waals surface area contributed by atoms with Crippen molar-refractivity contribution < 1.29 is 4.79 Å². The molecule has 1 heterocycles. The number of hydrogen-bond acceptors (Lipinski definition) is 3. The number of amides is 1. The fourth-order valence-corrected chi connectivity index (χ4v) is 1.56. The maximum absolute atomic E-state index is 11.7. The van der Waals surface area contributed by atoms with Crippen molar-refractivity contribution in [3.05, 3.63) is 0 Å². The number of piperazine rings is 1. The Balaban J connectivity index is 0.00000169. The first-order valence-corrected chi connectivity index (χ1v) is 4.93. The number of rotatable bonds is 2. The zero-order valence-electron chi connectivity index (χ0n) is 8.82. The van der Waals surface area contributed by atoms with Crippen molar-refractivity contribution in [2.24, 2.45) is 5.73 Å². The number of nitrogens with zero attached hydrogens (tertiary/aromatic N) is 1. The first kappa shape index (κ1) is 13.7. The summed E-state index contributed by atoms with van der Waals surface area (Å²) in [4.78, 5) is 13.6. The maximum atomic E-state index is 11.7. The second-order valence-corrected chi connectivity index (χ2v) is 3.60. The summed E-state index contributed by atoms with van der Waals surface area (Å²) in [5.41, 5.74) is 5.70. The van der Waals surface area contributed by atoms with Gasteiger partial charge < -0.3 is 16.0 Å². The van der Waals surface area contributed by atoms with Crippen molar-refractivity contribution in [2.75, 3.05) is 19.6 Å². The number of hydrogen-bond donors (Lipinski definition) is 2. The molecule has 0 radical (unpaired) electrons. The zero-order valence-corrected chi connectivity index (χ0v) is 9.64. The molecule has 2 atom stereocenters. The summed E-state index contributed by atoms with van der Waals surface area (Å²) in [6.45, 7) is 6.53. The zero-order chi connectivity index (χ0) is 9.84. The van der Waals surface area contributed by atoms with Crippen LogP contribution in [0.4, 0.5) is 0 Å². The van der Waals surface area contributed by atoms with Gasteiger partial charge in [-0.2, -0.15) is 0 Å².